The number of methoxy groups -OCH3 is 1. The molecule has 182 valence electrons. The van der Waals surface area contributed by atoms with Gasteiger partial charge in [0.15, 0.2) is 5.78 Å². The molecule has 2 aromatic carbocycles. The van der Waals surface area contributed by atoms with Gasteiger partial charge in [-0.3, -0.25) is 19.0 Å². The number of hydrogen-bond donors (Lipinski definition) is 2. The lowest BCUT2D eigenvalue weighted by molar-refractivity contribution is -0.111. The van der Waals surface area contributed by atoms with E-state index in [1.807, 2.05) is 6.08 Å². The number of ether oxygens (including phenoxy) is 1. The van der Waals surface area contributed by atoms with Gasteiger partial charge in [-0.15, -0.1) is 0 Å². The van der Waals surface area contributed by atoms with Crippen LogP contribution in [0.4, 0.5) is 5.69 Å². The average molecular weight is 505 g/mol. The molecule has 8 nitrogen and oxygen atoms in total. The Morgan fingerprint density at radius 1 is 1.08 bits per heavy atom. The number of benzene rings is 2. The second kappa shape index (κ2) is 10.1. The first kappa shape index (κ1) is 24.7. The van der Waals surface area contributed by atoms with Crippen LogP contribution in [0, 0.1) is 0 Å². The summed E-state index contributed by atoms with van der Waals surface area (Å²) < 4.78 is 6.70. The number of carbonyl (C=O) groups is 3. The van der Waals surface area contributed by atoms with Gasteiger partial charge in [0.1, 0.15) is 11.4 Å². The lowest BCUT2D eigenvalue weighted by atomic mass is 9.97. The summed E-state index contributed by atoms with van der Waals surface area (Å²) >= 11 is 6.16. The average Bonchev–Trinajstić information content (AvgIpc) is 3.67. The summed E-state index contributed by atoms with van der Waals surface area (Å²) in [5.41, 5.74) is 2.02. The zero-order valence-corrected chi connectivity index (χ0v) is 20.1. The molecule has 0 saturated carbocycles. The summed E-state index contributed by atoms with van der Waals surface area (Å²) in [5, 5.41) is 12.1. The molecule has 3 aromatic rings. The Kier molecular flexibility index (Phi) is 6.89. The van der Waals surface area contributed by atoms with Gasteiger partial charge in [-0.05, 0) is 73.0 Å². The first-order valence-electron chi connectivity index (χ1n) is 10.9. The Bertz CT molecular complexity index is 1520. The van der Waals surface area contributed by atoms with Gasteiger partial charge in [0.05, 0.1) is 18.9 Å². The van der Waals surface area contributed by atoms with Crippen LogP contribution in [0.1, 0.15) is 34.1 Å². The molecule has 0 aliphatic heterocycles. The molecule has 2 N–H and O–H groups in total. The minimum Gasteiger partial charge on any atom is -0.495 e. The molecule has 1 amide bonds. The highest BCUT2D eigenvalue weighted by Crippen LogP contribution is 2.34. The number of anilines is 1. The number of amides is 1. The number of aromatic carboxylic acids is 1. The molecule has 0 unspecified atom stereocenters. The highest BCUT2D eigenvalue weighted by atomic mass is 35.5. The molecule has 0 saturated heterocycles. The zero-order valence-electron chi connectivity index (χ0n) is 19.4. The van der Waals surface area contributed by atoms with Crippen molar-refractivity contribution in [1.82, 2.24) is 4.57 Å². The highest BCUT2D eigenvalue weighted by molar-refractivity contribution is 6.31. The van der Waals surface area contributed by atoms with Crippen molar-refractivity contribution in [3.05, 3.63) is 99.0 Å². The summed E-state index contributed by atoms with van der Waals surface area (Å²) in [6.07, 6.45) is 5.58. The maximum absolute atomic E-state index is 13.3. The van der Waals surface area contributed by atoms with Crippen molar-refractivity contribution in [2.24, 2.45) is 0 Å². The lowest BCUT2D eigenvalue weighted by Gasteiger charge is -2.16. The fraction of sp³-hybridized carbons (Fsp3) is 0.111. The number of carboxylic acid groups (broad SMARTS) is 1. The van der Waals surface area contributed by atoms with Crippen LogP contribution in [-0.4, -0.2) is 34.4 Å². The third-order valence-electron chi connectivity index (χ3n) is 5.53. The molecule has 1 heterocycles. The summed E-state index contributed by atoms with van der Waals surface area (Å²) in [5.74, 6) is -1.61. The van der Waals surface area contributed by atoms with Gasteiger partial charge in [-0.25, -0.2) is 4.79 Å². The van der Waals surface area contributed by atoms with E-state index in [1.54, 1.807) is 24.3 Å². The molecule has 0 fully saturated rings. The van der Waals surface area contributed by atoms with Gasteiger partial charge in [-0.2, -0.15) is 0 Å². The Labute approximate surface area is 211 Å². The van der Waals surface area contributed by atoms with Crippen molar-refractivity contribution in [3.63, 3.8) is 0 Å². The summed E-state index contributed by atoms with van der Waals surface area (Å²) in [7, 11) is 1.42. The summed E-state index contributed by atoms with van der Waals surface area (Å²) in [6, 6.07) is 11.7. The summed E-state index contributed by atoms with van der Waals surface area (Å²) in [6.45, 7) is 1.41. The van der Waals surface area contributed by atoms with Gasteiger partial charge in [0.2, 0.25) is 0 Å². The maximum Gasteiger partial charge on any atom is 0.335 e. The minimum atomic E-state index is -1.08. The van der Waals surface area contributed by atoms with Crippen LogP contribution in [-0.2, 0) is 4.79 Å². The predicted octanol–water partition coefficient (Wildman–Crippen LogP) is 4.89. The number of hydrogen-bond acceptors (Lipinski definition) is 5. The fourth-order valence-corrected chi connectivity index (χ4v) is 3.78. The van der Waals surface area contributed by atoms with E-state index in [9.17, 15) is 19.2 Å². The molecule has 0 radical (unpaired) electrons. The van der Waals surface area contributed by atoms with E-state index in [2.05, 4.69) is 5.32 Å². The SMILES string of the molecule is COc1cn(/C(=C\C2=CC2)C(=O)Nc2ccc(C(=O)O)cc2)c(=O)cc1-c1cc(Cl)ccc1C(C)=O. The van der Waals surface area contributed by atoms with E-state index in [0.29, 0.717) is 33.8 Å². The molecule has 1 aliphatic carbocycles. The Balaban J connectivity index is 1.77. The lowest BCUT2D eigenvalue weighted by Crippen LogP contribution is -2.26. The molecule has 9 heteroatoms. The van der Waals surface area contributed by atoms with Gasteiger partial charge in [-0.1, -0.05) is 17.7 Å². The minimum absolute atomic E-state index is 0.0498. The summed E-state index contributed by atoms with van der Waals surface area (Å²) in [4.78, 5) is 49.7. The van der Waals surface area contributed by atoms with Gasteiger partial charge in [0.25, 0.3) is 11.5 Å². The molecule has 0 spiro atoms. The first-order valence-corrected chi connectivity index (χ1v) is 11.2. The van der Waals surface area contributed by atoms with E-state index >= 15 is 0 Å². The number of halogens is 1. The van der Waals surface area contributed by atoms with Crippen LogP contribution in [0.3, 0.4) is 0 Å². The smallest absolute Gasteiger partial charge is 0.335 e. The predicted molar refractivity (Wildman–Crippen MR) is 137 cm³/mol. The molecule has 1 aromatic heterocycles. The number of Topliss-reactive ketones (excluding diaryl/α,β-unsaturated/α-hetero) is 1. The van der Waals surface area contributed by atoms with Crippen LogP contribution >= 0.6 is 11.6 Å². The number of nitrogens with zero attached hydrogens (tertiary/aromatic N) is 1. The number of aromatic nitrogens is 1. The van der Waals surface area contributed by atoms with Crippen molar-refractivity contribution >= 4 is 40.6 Å². The number of nitrogens with one attached hydrogen (secondary N) is 1. The van der Waals surface area contributed by atoms with Crippen molar-refractivity contribution < 1.29 is 24.2 Å². The quantitative estimate of drug-likeness (QED) is 0.333. The molecular weight excluding hydrogens is 484 g/mol. The van der Waals surface area contributed by atoms with Gasteiger partial charge < -0.3 is 15.2 Å². The second-order valence-corrected chi connectivity index (χ2v) is 8.50. The fourth-order valence-electron chi connectivity index (χ4n) is 3.61. The van der Waals surface area contributed by atoms with E-state index in [-0.39, 0.29) is 22.8 Å². The van der Waals surface area contributed by atoms with Crippen LogP contribution in [0.25, 0.3) is 16.8 Å². The van der Waals surface area contributed by atoms with Crippen molar-refractivity contribution in [2.75, 3.05) is 12.4 Å². The second-order valence-electron chi connectivity index (χ2n) is 8.06. The van der Waals surface area contributed by atoms with Crippen molar-refractivity contribution in [2.45, 2.75) is 13.3 Å². The number of pyridine rings is 1. The Hall–Kier alpha value is -4.43. The molecular formula is C27H21ClN2O6. The Morgan fingerprint density at radius 2 is 1.78 bits per heavy atom. The van der Waals surface area contributed by atoms with Crippen LogP contribution in [0.15, 0.2) is 77.2 Å². The number of ketones is 1. The number of allylic oxidation sites excluding steroid dienone is 3. The molecule has 4 rings (SSSR count). The molecule has 36 heavy (non-hydrogen) atoms. The van der Waals surface area contributed by atoms with Crippen LogP contribution in [0.2, 0.25) is 5.02 Å². The highest BCUT2D eigenvalue weighted by Gasteiger charge is 2.21. The molecule has 0 bridgehead atoms. The van der Waals surface area contributed by atoms with Gasteiger partial charge >= 0.3 is 5.97 Å². The number of carboxylic acids is 1. The van der Waals surface area contributed by atoms with Crippen LogP contribution in [0.5, 0.6) is 5.75 Å². The molecule has 0 atom stereocenters. The largest absolute Gasteiger partial charge is 0.495 e. The van der Waals surface area contributed by atoms with E-state index in [4.69, 9.17) is 21.4 Å². The van der Waals surface area contributed by atoms with E-state index in [0.717, 1.165) is 5.57 Å². The van der Waals surface area contributed by atoms with Gasteiger partial charge in [0, 0.05) is 27.9 Å². The van der Waals surface area contributed by atoms with E-state index in [1.165, 1.54) is 55.1 Å². The topological polar surface area (TPSA) is 115 Å². The van der Waals surface area contributed by atoms with Crippen molar-refractivity contribution in [1.29, 1.82) is 0 Å². The first-order chi connectivity index (χ1) is 17.2. The number of carbonyl (C=O) groups excluding carboxylic acids is 2. The zero-order chi connectivity index (χ0) is 26.0. The monoisotopic (exact) mass is 504 g/mol. The molecule has 1 aliphatic rings. The van der Waals surface area contributed by atoms with E-state index < -0.39 is 17.4 Å². The standard InChI is InChI=1S/C27H21ClN2O6/c1-15(31)20-10-7-18(28)12-21(20)22-13-25(32)30(14-24(22)36-2)23(11-16-3-4-16)26(33)29-19-8-5-17(6-9-19)27(34)35/h3,5-14H,4H2,1-2H3,(H,29,33)(H,34,35)/b23-11-. The van der Waals surface area contributed by atoms with Crippen LogP contribution < -0.4 is 15.6 Å². The van der Waals surface area contributed by atoms with Crippen molar-refractivity contribution in [3.8, 4) is 16.9 Å². The maximum atomic E-state index is 13.3. The normalized spacial score (nSPS) is 12.5. The number of rotatable bonds is 8. The Morgan fingerprint density at radius 3 is 2.36 bits per heavy atom. The third-order valence-corrected chi connectivity index (χ3v) is 5.77. The third kappa shape index (κ3) is 5.29.